The van der Waals surface area contributed by atoms with Crippen molar-refractivity contribution in [3.05, 3.63) is 38.0 Å². The molecule has 1 atom stereocenters. The third-order valence-corrected chi connectivity index (χ3v) is 5.52. The van der Waals surface area contributed by atoms with E-state index in [-0.39, 0.29) is 0 Å². The Labute approximate surface area is 116 Å². The van der Waals surface area contributed by atoms with Crippen molar-refractivity contribution in [3.63, 3.8) is 0 Å². The Morgan fingerprint density at radius 2 is 2.39 bits per heavy atom. The van der Waals surface area contributed by atoms with Gasteiger partial charge in [-0.1, -0.05) is 6.92 Å². The number of nitrogens with one attached hydrogen (secondary N) is 1. The van der Waals surface area contributed by atoms with Crippen molar-refractivity contribution < 1.29 is 0 Å². The highest BCUT2D eigenvalue weighted by Crippen LogP contribution is 2.33. The summed E-state index contributed by atoms with van der Waals surface area (Å²) in [6.07, 6.45) is 4.88. The van der Waals surface area contributed by atoms with Crippen LogP contribution in [0.4, 0.5) is 0 Å². The molecule has 1 aliphatic rings. The Morgan fingerprint density at radius 1 is 1.44 bits per heavy atom. The fraction of sp³-hybridized carbons (Fsp3) is 0.500. The first kappa shape index (κ1) is 12.3. The molecule has 0 fully saturated rings. The predicted molar refractivity (Wildman–Crippen MR) is 78.3 cm³/mol. The Bertz CT molecular complexity index is 515. The smallest absolute Gasteiger partial charge is 0.0926 e. The van der Waals surface area contributed by atoms with Crippen LogP contribution in [0.2, 0.25) is 0 Å². The molecule has 2 aromatic rings. The second kappa shape index (κ2) is 5.51. The van der Waals surface area contributed by atoms with Crippen molar-refractivity contribution >= 4 is 22.7 Å². The molecular formula is C14H18N2S2. The zero-order chi connectivity index (χ0) is 12.4. The van der Waals surface area contributed by atoms with Crippen LogP contribution in [0, 0.1) is 0 Å². The maximum Gasteiger partial charge on any atom is 0.0926 e. The van der Waals surface area contributed by atoms with Crippen LogP contribution in [-0.4, -0.2) is 4.98 Å². The van der Waals surface area contributed by atoms with Gasteiger partial charge in [0.15, 0.2) is 0 Å². The molecule has 0 aromatic carbocycles. The lowest BCUT2D eigenvalue weighted by Crippen LogP contribution is -2.24. The minimum Gasteiger partial charge on any atom is -0.304 e. The van der Waals surface area contributed by atoms with Gasteiger partial charge >= 0.3 is 0 Å². The van der Waals surface area contributed by atoms with E-state index < -0.39 is 0 Å². The van der Waals surface area contributed by atoms with Crippen LogP contribution in [0.15, 0.2) is 16.8 Å². The number of nitrogens with zero attached hydrogens (tertiary/aromatic N) is 1. The molecule has 2 aromatic heterocycles. The molecule has 2 nitrogen and oxygen atoms in total. The molecule has 0 amide bonds. The van der Waals surface area contributed by atoms with E-state index >= 15 is 0 Å². The van der Waals surface area contributed by atoms with Gasteiger partial charge in [0.05, 0.1) is 10.7 Å². The van der Waals surface area contributed by atoms with Gasteiger partial charge in [0.25, 0.3) is 0 Å². The molecule has 4 heteroatoms. The fourth-order valence-corrected chi connectivity index (χ4v) is 4.25. The largest absolute Gasteiger partial charge is 0.304 e. The normalized spacial score (nSPS) is 18.8. The number of thiazole rings is 1. The lowest BCUT2D eigenvalue weighted by molar-refractivity contribution is 0.460. The van der Waals surface area contributed by atoms with E-state index in [9.17, 15) is 0 Å². The molecule has 0 aliphatic heterocycles. The van der Waals surface area contributed by atoms with Crippen molar-refractivity contribution in [2.45, 2.75) is 45.2 Å². The van der Waals surface area contributed by atoms with Crippen LogP contribution in [0.5, 0.6) is 0 Å². The molecule has 0 saturated carbocycles. The van der Waals surface area contributed by atoms with Crippen LogP contribution >= 0.6 is 22.7 Å². The van der Waals surface area contributed by atoms with E-state index in [1.54, 1.807) is 16.2 Å². The molecule has 96 valence electrons. The molecule has 1 unspecified atom stereocenters. The highest BCUT2D eigenvalue weighted by molar-refractivity contribution is 7.10. The first-order valence-electron chi connectivity index (χ1n) is 6.59. The van der Waals surface area contributed by atoms with Crippen molar-refractivity contribution in [2.75, 3.05) is 0 Å². The summed E-state index contributed by atoms with van der Waals surface area (Å²) in [5.41, 5.74) is 2.72. The van der Waals surface area contributed by atoms with Gasteiger partial charge in [-0.05, 0) is 42.7 Å². The van der Waals surface area contributed by atoms with Crippen LogP contribution in [0.25, 0.3) is 0 Å². The number of fused-ring (bicyclic) bond motifs is 1. The first-order chi connectivity index (χ1) is 8.86. The lowest BCUT2D eigenvalue weighted by Gasteiger charge is -2.23. The standard InChI is InChI=1S/C14H18N2S2/c1-2-14-16-10(9-18-14)8-15-12-4-3-5-13-11(12)6-7-17-13/h6-7,9,12,15H,2-5,8H2,1H3. The molecule has 0 saturated heterocycles. The molecular weight excluding hydrogens is 260 g/mol. The molecule has 3 rings (SSSR count). The Balaban J connectivity index is 1.64. The van der Waals surface area contributed by atoms with Crippen molar-refractivity contribution in [3.8, 4) is 0 Å². The van der Waals surface area contributed by atoms with Gasteiger partial charge < -0.3 is 5.32 Å². The fourth-order valence-electron chi connectivity index (χ4n) is 2.52. The van der Waals surface area contributed by atoms with E-state index in [1.807, 2.05) is 11.3 Å². The molecule has 2 heterocycles. The average molecular weight is 278 g/mol. The first-order valence-corrected chi connectivity index (χ1v) is 8.35. The number of hydrogen-bond donors (Lipinski definition) is 1. The molecule has 1 aliphatic carbocycles. The minimum atomic E-state index is 0.534. The van der Waals surface area contributed by atoms with Crippen molar-refractivity contribution in [2.24, 2.45) is 0 Å². The van der Waals surface area contributed by atoms with Gasteiger partial charge in [-0.3, -0.25) is 0 Å². The second-order valence-corrected chi connectivity index (χ2v) is 6.65. The highest BCUT2D eigenvalue weighted by Gasteiger charge is 2.20. The van der Waals surface area contributed by atoms with Gasteiger partial charge in [-0.25, -0.2) is 4.98 Å². The summed E-state index contributed by atoms with van der Waals surface area (Å²) >= 11 is 3.68. The number of aromatic nitrogens is 1. The molecule has 0 bridgehead atoms. The monoisotopic (exact) mass is 278 g/mol. The van der Waals surface area contributed by atoms with Gasteiger partial charge in [0.2, 0.25) is 0 Å². The number of aryl methyl sites for hydroxylation is 2. The van der Waals surface area contributed by atoms with Gasteiger partial charge in [0.1, 0.15) is 0 Å². The second-order valence-electron chi connectivity index (χ2n) is 4.71. The third-order valence-electron chi connectivity index (χ3n) is 3.48. The Kier molecular flexibility index (Phi) is 3.77. The summed E-state index contributed by atoms with van der Waals surface area (Å²) in [4.78, 5) is 6.19. The van der Waals surface area contributed by atoms with E-state index in [0.717, 1.165) is 13.0 Å². The van der Waals surface area contributed by atoms with E-state index in [2.05, 4.69) is 34.1 Å². The van der Waals surface area contributed by atoms with E-state index in [1.165, 1.54) is 35.5 Å². The summed E-state index contributed by atoms with van der Waals surface area (Å²) in [5.74, 6) is 0. The number of rotatable bonds is 4. The third kappa shape index (κ3) is 2.51. The summed E-state index contributed by atoms with van der Waals surface area (Å²) in [6, 6.07) is 2.82. The summed E-state index contributed by atoms with van der Waals surface area (Å²) in [5, 5.41) is 9.32. The predicted octanol–water partition coefficient (Wildman–Crippen LogP) is 3.93. The van der Waals surface area contributed by atoms with E-state index in [0.29, 0.717) is 6.04 Å². The quantitative estimate of drug-likeness (QED) is 0.916. The van der Waals surface area contributed by atoms with Crippen LogP contribution in [0.1, 0.15) is 46.9 Å². The van der Waals surface area contributed by atoms with E-state index in [4.69, 9.17) is 0 Å². The molecule has 0 radical (unpaired) electrons. The zero-order valence-electron chi connectivity index (χ0n) is 10.6. The van der Waals surface area contributed by atoms with Crippen molar-refractivity contribution in [1.82, 2.24) is 10.3 Å². The Hall–Kier alpha value is -0.710. The lowest BCUT2D eigenvalue weighted by atomic mass is 9.94. The van der Waals surface area contributed by atoms with Gasteiger partial charge in [0, 0.05) is 22.8 Å². The summed E-state index contributed by atoms with van der Waals surface area (Å²) in [7, 11) is 0. The van der Waals surface area contributed by atoms with Gasteiger partial charge in [-0.15, -0.1) is 22.7 Å². The number of thiophene rings is 1. The minimum absolute atomic E-state index is 0.534. The average Bonchev–Trinajstić information content (AvgIpc) is 3.05. The number of hydrogen-bond acceptors (Lipinski definition) is 4. The summed E-state index contributed by atoms with van der Waals surface area (Å²) in [6.45, 7) is 3.06. The SMILES string of the molecule is CCc1nc(CNC2CCCc3sccc32)cs1. The Morgan fingerprint density at radius 3 is 3.22 bits per heavy atom. The highest BCUT2D eigenvalue weighted by atomic mass is 32.1. The molecule has 1 N–H and O–H groups in total. The van der Waals surface area contributed by atoms with Gasteiger partial charge in [-0.2, -0.15) is 0 Å². The topological polar surface area (TPSA) is 24.9 Å². The van der Waals surface area contributed by atoms with Crippen molar-refractivity contribution in [1.29, 1.82) is 0 Å². The maximum atomic E-state index is 4.62. The molecule has 18 heavy (non-hydrogen) atoms. The van der Waals surface area contributed by atoms with Crippen LogP contribution < -0.4 is 5.32 Å². The van der Waals surface area contributed by atoms with Crippen LogP contribution in [0.3, 0.4) is 0 Å². The maximum absolute atomic E-state index is 4.62. The molecule has 0 spiro atoms. The zero-order valence-corrected chi connectivity index (χ0v) is 12.2. The summed E-state index contributed by atoms with van der Waals surface area (Å²) < 4.78 is 0. The van der Waals surface area contributed by atoms with Crippen LogP contribution in [-0.2, 0) is 19.4 Å².